The maximum absolute atomic E-state index is 9.03. The van der Waals surface area contributed by atoms with Crippen molar-refractivity contribution >= 4 is 0 Å². The molecule has 2 bridgehead atoms. The van der Waals surface area contributed by atoms with Crippen LogP contribution in [0.25, 0.3) is 0 Å². The Bertz CT molecular complexity index is 152. The van der Waals surface area contributed by atoms with E-state index in [-0.39, 0.29) is 0 Å². The van der Waals surface area contributed by atoms with Crippen LogP contribution in [0.1, 0.15) is 39.5 Å². The van der Waals surface area contributed by atoms with Crippen molar-refractivity contribution in [2.24, 2.45) is 16.7 Å². The topological polar surface area (TPSA) is 20.2 Å². The van der Waals surface area contributed by atoms with Crippen molar-refractivity contribution in [1.29, 1.82) is 0 Å². The molecule has 1 N–H and O–H groups in total. The summed E-state index contributed by atoms with van der Waals surface area (Å²) in [7, 11) is 0. The van der Waals surface area contributed by atoms with Gasteiger partial charge in [0, 0.05) is 6.61 Å². The smallest absolute Gasteiger partial charge is 0.0488 e. The van der Waals surface area contributed by atoms with Gasteiger partial charge in [0.15, 0.2) is 0 Å². The molecule has 0 aliphatic heterocycles. The molecule has 0 aromatic rings. The van der Waals surface area contributed by atoms with E-state index in [1.807, 2.05) is 0 Å². The third kappa shape index (κ3) is 0.936. The van der Waals surface area contributed by atoms with Crippen LogP contribution in [-0.4, -0.2) is 11.7 Å². The first-order valence-corrected chi connectivity index (χ1v) is 4.71. The molecule has 64 valence electrons. The highest BCUT2D eigenvalue weighted by Crippen LogP contribution is 2.75. The zero-order valence-corrected chi connectivity index (χ0v) is 7.56. The lowest BCUT2D eigenvalue weighted by molar-refractivity contribution is -0.230. The van der Waals surface area contributed by atoms with Crippen LogP contribution in [-0.2, 0) is 0 Å². The Hall–Kier alpha value is -0.0400. The first-order chi connectivity index (χ1) is 5.10. The molecule has 1 heteroatoms. The largest absolute Gasteiger partial charge is 0.396 e. The molecule has 0 saturated heterocycles. The standard InChI is InChI=1S/C10H18O/c1-8(2)3-9-4-10(5-9,6-9)7-11/h8,11H,3-7H2,1-2H3. The van der Waals surface area contributed by atoms with Gasteiger partial charge >= 0.3 is 0 Å². The number of rotatable bonds is 3. The minimum atomic E-state index is 0.412. The second kappa shape index (κ2) is 2.01. The zero-order valence-electron chi connectivity index (χ0n) is 7.56. The van der Waals surface area contributed by atoms with Crippen LogP contribution in [0.15, 0.2) is 0 Å². The highest BCUT2D eigenvalue weighted by Gasteiger charge is 2.66. The lowest BCUT2D eigenvalue weighted by Gasteiger charge is -2.71. The summed E-state index contributed by atoms with van der Waals surface area (Å²) in [5.41, 5.74) is 1.10. The van der Waals surface area contributed by atoms with E-state index in [0.29, 0.717) is 17.4 Å². The molecule has 0 amide bonds. The van der Waals surface area contributed by atoms with E-state index in [4.69, 9.17) is 5.11 Å². The minimum absolute atomic E-state index is 0.412. The Labute approximate surface area is 68.8 Å². The fourth-order valence-electron chi connectivity index (χ4n) is 3.48. The normalized spacial score (nSPS) is 46.9. The Morgan fingerprint density at radius 2 is 1.73 bits per heavy atom. The van der Waals surface area contributed by atoms with Gasteiger partial charge in [-0.3, -0.25) is 0 Å². The Kier molecular flexibility index (Phi) is 1.39. The molecule has 0 aromatic heterocycles. The van der Waals surface area contributed by atoms with Crippen molar-refractivity contribution in [2.45, 2.75) is 39.5 Å². The number of hydrogen-bond acceptors (Lipinski definition) is 1. The van der Waals surface area contributed by atoms with Crippen molar-refractivity contribution in [3.63, 3.8) is 0 Å². The molecule has 0 radical (unpaired) electrons. The van der Waals surface area contributed by atoms with Crippen molar-refractivity contribution in [2.75, 3.05) is 6.61 Å². The van der Waals surface area contributed by atoms with Gasteiger partial charge in [-0.2, -0.15) is 0 Å². The third-order valence-corrected chi connectivity index (χ3v) is 3.43. The van der Waals surface area contributed by atoms with Crippen LogP contribution >= 0.6 is 0 Å². The molecule has 3 fully saturated rings. The molecule has 0 atom stereocenters. The highest BCUT2D eigenvalue weighted by molar-refractivity contribution is 5.16. The van der Waals surface area contributed by atoms with Crippen molar-refractivity contribution in [1.82, 2.24) is 0 Å². The molecule has 0 aromatic carbocycles. The predicted octanol–water partition coefficient (Wildman–Crippen LogP) is 2.20. The van der Waals surface area contributed by atoms with E-state index in [1.54, 1.807) is 0 Å². The van der Waals surface area contributed by atoms with Crippen LogP contribution in [0.3, 0.4) is 0 Å². The summed E-state index contributed by atoms with van der Waals surface area (Å²) >= 11 is 0. The lowest BCUT2D eigenvalue weighted by Crippen LogP contribution is -2.63. The van der Waals surface area contributed by atoms with Gasteiger partial charge in [0.2, 0.25) is 0 Å². The van der Waals surface area contributed by atoms with E-state index < -0.39 is 0 Å². The minimum Gasteiger partial charge on any atom is -0.396 e. The maximum Gasteiger partial charge on any atom is 0.0488 e. The Morgan fingerprint density at radius 1 is 1.18 bits per heavy atom. The average Bonchev–Trinajstić information content (AvgIpc) is 1.74. The molecule has 11 heavy (non-hydrogen) atoms. The van der Waals surface area contributed by atoms with Crippen molar-refractivity contribution < 1.29 is 5.11 Å². The van der Waals surface area contributed by atoms with Crippen LogP contribution in [0.2, 0.25) is 0 Å². The first kappa shape index (κ1) is 7.60. The fraction of sp³-hybridized carbons (Fsp3) is 1.00. The summed E-state index contributed by atoms with van der Waals surface area (Å²) in [6.07, 6.45) is 5.33. The van der Waals surface area contributed by atoms with Gasteiger partial charge in [0.25, 0.3) is 0 Å². The van der Waals surface area contributed by atoms with Crippen LogP contribution < -0.4 is 0 Å². The van der Waals surface area contributed by atoms with Gasteiger partial charge in [-0.05, 0) is 42.4 Å². The highest BCUT2D eigenvalue weighted by atomic mass is 16.3. The second-order valence-electron chi connectivity index (χ2n) is 5.29. The van der Waals surface area contributed by atoms with Gasteiger partial charge in [-0.25, -0.2) is 0 Å². The Balaban J connectivity index is 1.85. The fourth-order valence-corrected chi connectivity index (χ4v) is 3.48. The van der Waals surface area contributed by atoms with Gasteiger partial charge in [0.05, 0.1) is 0 Å². The van der Waals surface area contributed by atoms with Gasteiger partial charge in [0.1, 0.15) is 0 Å². The molecule has 0 heterocycles. The third-order valence-electron chi connectivity index (χ3n) is 3.43. The quantitative estimate of drug-likeness (QED) is 0.660. The summed E-state index contributed by atoms with van der Waals surface area (Å²) in [6.45, 7) is 5.03. The average molecular weight is 154 g/mol. The first-order valence-electron chi connectivity index (χ1n) is 4.71. The maximum atomic E-state index is 9.03. The summed E-state index contributed by atoms with van der Waals surface area (Å²) in [6, 6.07) is 0. The van der Waals surface area contributed by atoms with Crippen molar-refractivity contribution in [3.8, 4) is 0 Å². The number of aliphatic hydroxyl groups excluding tert-OH is 1. The molecule has 3 aliphatic carbocycles. The van der Waals surface area contributed by atoms with Crippen LogP contribution in [0.4, 0.5) is 0 Å². The molecule has 1 nitrogen and oxygen atoms in total. The van der Waals surface area contributed by atoms with E-state index >= 15 is 0 Å². The zero-order chi connectivity index (χ0) is 8.11. The lowest BCUT2D eigenvalue weighted by atomic mass is 9.34. The molecule has 0 spiro atoms. The summed E-state index contributed by atoms with van der Waals surface area (Å²) in [4.78, 5) is 0. The summed E-state index contributed by atoms with van der Waals surface area (Å²) < 4.78 is 0. The van der Waals surface area contributed by atoms with Crippen molar-refractivity contribution in [3.05, 3.63) is 0 Å². The monoisotopic (exact) mass is 154 g/mol. The number of hydrogen-bond donors (Lipinski definition) is 1. The molecule has 3 aliphatic rings. The molecular weight excluding hydrogens is 136 g/mol. The summed E-state index contributed by atoms with van der Waals surface area (Å²) in [5.74, 6) is 0.840. The van der Waals surface area contributed by atoms with Gasteiger partial charge in [-0.15, -0.1) is 0 Å². The van der Waals surface area contributed by atoms with Crippen LogP contribution in [0.5, 0.6) is 0 Å². The summed E-state index contributed by atoms with van der Waals surface area (Å²) in [5, 5.41) is 9.03. The van der Waals surface area contributed by atoms with Gasteiger partial charge < -0.3 is 5.11 Å². The molecule has 3 rings (SSSR count). The predicted molar refractivity (Wildman–Crippen MR) is 45.3 cm³/mol. The Morgan fingerprint density at radius 3 is 2.09 bits per heavy atom. The molecule has 0 unspecified atom stereocenters. The van der Waals surface area contributed by atoms with E-state index in [0.717, 1.165) is 5.92 Å². The van der Waals surface area contributed by atoms with Crippen LogP contribution in [0, 0.1) is 16.7 Å². The molecular formula is C10H18O. The second-order valence-corrected chi connectivity index (χ2v) is 5.29. The number of aliphatic hydroxyl groups is 1. The van der Waals surface area contributed by atoms with Gasteiger partial charge in [-0.1, -0.05) is 13.8 Å². The molecule has 3 saturated carbocycles. The SMILES string of the molecule is CC(C)CC12CC(CO)(C1)C2. The van der Waals surface area contributed by atoms with E-state index in [9.17, 15) is 0 Å². The van der Waals surface area contributed by atoms with E-state index in [1.165, 1.54) is 25.7 Å². The van der Waals surface area contributed by atoms with E-state index in [2.05, 4.69) is 13.8 Å².